The van der Waals surface area contributed by atoms with Gasteiger partial charge >= 0.3 is 0 Å². The van der Waals surface area contributed by atoms with E-state index in [-0.39, 0.29) is 11.3 Å². The maximum Gasteiger partial charge on any atom is 0.271 e. The normalized spacial score (nSPS) is 10.6. The predicted octanol–water partition coefficient (Wildman–Crippen LogP) is 3.67. The number of nitro groups is 1. The van der Waals surface area contributed by atoms with Crippen LogP contribution < -0.4 is 5.43 Å². The van der Waals surface area contributed by atoms with Crippen molar-refractivity contribution in [3.05, 3.63) is 73.8 Å². The first-order chi connectivity index (χ1) is 10.5. The standard InChI is InChI=1S/C14H9Cl2N3O3/c15-12-5-2-6-13(16)11(12)8-17-18-14(20)9-3-1-4-10(7-9)19(21)22/h1-8H,(H,18,20)/b17-8-. The number of amides is 1. The van der Waals surface area contributed by atoms with Crippen LogP contribution >= 0.6 is 23.2 Å². The van der Waals surface area contributed by atoms with Crippen molar-refractivity contribution >= 4 is 41.0 Å². The summed E-state index contributed by atoms with van der Waals surface area (Å²) in [5, 5.41) is 15.2. The highest BCUT2D eigenvalue weighted by atomic mass is 35.5. The second kappa shape index (κ2) is 7.02. The first-order valence-electron chi connectivity index (χ1n) is 6.01. The zero-order chi connectivity index (χ0) is 16.1. The van der Waals surface area contributed by atoms with Gasteiger partial charge in [-0.25, -0.2) is 5.43 Å². The van der Waals surface area contributed by atoms with Crippen LogP contribution in [0.4, 0.5) is 5.69 Å². The van der Waals surface area contributed by atoms with E-state index in [0.717, 1.165) is 6.07 Å². The Kier molecular flexibility index (Phi) is 5.08. The van der Waals surface area contributed by atoms with Crippen LogP contribution in [0, 0.1) is 10.1 Å². The quantitative estimate of drug-likeness (QED) is 0.524. The molecule has 0 atom stereocenters. The lowest BCUT2D eigenvalue weighted by Crippen LogP contribution is -2.17. The minimum Gasteiger partial charge on any atom is -0.267 e. The molecule has 0 aliphatic carbocycles. The van der Waals surface area contributed by atoms with Crippen LogP contribution in [-0.4, -0.2) is 17.0 Å². The summed E-state index contributed by atoms with van der Waals surface area (Å²) in [5.74, 6) is -0.580. The number of non-ortho nitro benzene ring substituents is 1. The summed E-state index contributed by atoms with van der Waals surface area (Å²) in [7, 11) is 0. The number of rotatable bonds is 4. The van der Waals surface area contributed by atoms with E-state index in [1.807, 2.05) is 0 Å². The van der Waals surface area contributed by atoms with Crippen molar-refractivity contribution in [2.45, 2.75) is 0 Å². The van der Waals surface area contributed by atoms with Crippen LogP contribution in [0.3, 0.4) is 0 Å². The van der Waals surface area contributed by atoms with Crippen LogP contribution in [0.15, 0.2) is 47.6 Å². The summed E-state index contributed by atoms with van der Waals surface area (Å²) in [6.07, 6.45) is 1.31. The Balaban J connectivity index is 2.11. The molecule has 8 heteroatoms. The van der Waals surface area contributed by atoms with Crippen LogP contribution in [0.25, 0.3) is 0 Å². The van der Waals surface area contributed by atoms with E-state index >= 15 is 0 Å². The van der Waals surface area contributed by atoms with E-state index in [2.05, 4.69) is 10.5 Å². The van der Waals surface area contributed by atoms with Gasteiger partial charge in [0.15, 0.2) is 0 Å². The second-order valence-electron chi connectivity index (χ2n) is 4.14. The molecule has 0 spiro atoms. The Morgan fingerprint density at radius 2 is 1.82 bits per heavy atom. The van der Waals surface area contributed by atoms with Gasteiger partial charge in [-0.1, -0.05) is 35.3 Å². The average Bonchev–Trinajstić information content (AvgIpc) is 2.50. The molecule has 1 amide bonds. The number of hydrogen-bond acceptors (Lipinski definition) is 4. The van der Waals surface area contributed by atoms with Crippen LogP contribution in [-0.2, 0) is 0 Å². The number of nitrogens with one attached hydrogen (secondary N) is 1. The highest BCUT2D eigenvalue weighted by Gasteiger charge is 2.10. The molecule has 0 saturated heterocycles. The van der Waals surface area contributed by atoms with Gasteiger partial charge in [0.1, 0.15) is 0 Å². The van der Waals surface area contributed by atoms with Crippen LogP contribution in [0.1, 0.15) is 15.9 Å². The van der Waals surface area contributed by atoms with Gasteiger partial charge in [-0.15, -0.1) is 0 Å². The van der Waals surface area contributed by atoms with Crippen molar-refractivity contribution in [1.29, 1.82) is 0 Å². The van der Waals surface area contributed by atoms with Crippen molar-refractivity contribution in [2.75, 3.05) is 0 Å². The molecule has 112 valence electrons. The fraction of sp³-hybridized carbons (Fsp3) is 0. The van der Waals surface area contributed by atoms with E-state index < -0.39 is 10.8 Å². The lowest BCUT2D eigenvalue weighted by atomic mass is 10.2. The topological polar surface area (TPSA) is 84.6 Å². The van der Waals surface area contributed by atoms with Gasteiger partial charge < -0.3 is 0 Å². The van der Waals surface area contributed by atoms with E-state index in [0.29, 0.717) is 15.6 Å². The average molecular weight is 338 g/mol. The third-order valence-electron chi connectivity index (χ3n) is 2.68. The highest BCUT2D eigenvalue weighted by Crippen LogP contribution is 2.22. The fourth-order valence-electron chi connectivity index (χ4n) is 1.61. The molecule has 0 aromatic heterocycles. The SMILES string of the molecule is O=C(N/N=C\c1c(Cl)cccc1Cl)c1cccc([N+](=O)[O-])c1. The van der Waals surface area contributed by atoms with Gasteiger partial charge in [0.25, 0.3) is 11.6 Å². The smallest absolute Gasteiger partial charge is 0.267 e. The minimum atomic E-state index is -0.580. The van der Waals surface area contributed by atoms with Crippen molar-refractivity contribution in [3.63, 3.8) is 0 Å². The number of hydrazone groups is 1. The van der Waals surface area contributed by atoms with E-state index in [1.54, 1.807) is 18.2 Å². The summed E-state index contributed by atoms with van der Waals surface area (Å²) in [5.41, 5.74) is 2.67. The van der Waals surface area contributed by atoms with Gasteiger partial charge in [0, 0.05) is 23.3 Å². The van der Waals surface area contributed by atoms with Crippen molar-refractivity contribution in [1.82, 2.24) is 5.43 Å². The van der Waals surface area contributed by atoms with Crippen molar-refractivity contribution in [2.24, 2.45) is 5.10 Å². The van der Waals surface area contributed by atoms with Gasteiger partial charge in [-0.3, -0.25) is 14.9 Å². The Labute approximate surface area is 135 Å². The molecule has 0 aliphatic rings. The first kappa shape index (κ1) is 15.9. The Morgan fingerprint density at radius 3 is 2.45 bits per heavy atom. The Hall–Kier alpha value is -2.44. The molecular formula is C14H9Cl2N3O3. The molecule has 0 aliphatic heterocycles. The molecule has 1 N–H and O–H groups in total. The van der Waals surface area contributed by atoms with E-state index in [4.69, 9.17) is 23.2 Å². The van der Waals surface area contributed by atoms with Crippen molar-refractivity contribution < 1.29 is 9.72 Å². The van der Waals surface area contributed by atoms with E-state index in [9.17, 15) is 14.9 Å². The lowest BCUT2D eigenvalue weighted by Gasteiger charge is -2.02. The molecule has 0 unspecified atom stereocenters. The van der Waals surface area contributed by atoms with Gasteiger partial charge in [0.2, 0.25) is 0 Å². The van der Waals surface area contributed by atoms with Crippen molar-refractivity contribution in [3.8, 4) is 0 Å². The fourth-order valence-corrected chi connectivity index (χ4v) is 2.11. The lowest BCUT2D eigenvalue weighted by molar-refractivity contribution is -0.384. The summed E-state index contributed by atoms with van der Waals surface area (Å²) < 4.78 is 0. The minimum absolute atomic E-state index is 0.122. The maximum atomic E-state index is 11.9. The largest absolute Gasteiger partial charge is 0.271 e. The molecule has 0 fully saturated rings. The molecule has 2 rings (SSSR count). The molecule has 0 bridgehead atoms. The first-order valence-corrected chi connectivity index (χ1v) is 6.76. The molecule has 2 aromatic rings. The van der Waals surface area contributed by atoms with E-state index in [1.165, 1.54) is 24.4 Å². The van der Waals surface area contributed by atoms with Gasteiger partial charge in [-0.05, 0) is 18.2 Å². The molecule has 0 saturated carbocycles. The molecule has 22 heavy (non-hydrogen) atoms. The number of carbonyl (C=O) groups excluding carboxylic acids is 1. The molecule has 6 nitrogen and oxygen atoms in total. The van der Waals surface area contributed by atoms with Crippen LogP contribution in [0.2, 0.25) is 10.0 Å². The number of halogens is 2. The zero-order valence-electron chi connectivity index (χ0n) is 11.0. The molecule has 0 heterocycles. The number of hydrogen-bond donors (Lipinski definition) is 1. The summed E-state index contributed by atoms with van der Waals surface area (Å²) in [4.78, 5) is 22.0. The van der Waals surface area contributed by atoms with Gasteiger partial charge in [-0.2, -0.15) is 5.10 Å². The third kappa shape index (κ3) is 3.81. The zero-order valence-corrected chi connectivity index (χ0v) is 12.5. The second-order valence-corrected chi connectivity index (χ2v) is 4.96. The third-order valence-corrected chi connectivity index (χ3v) is 3.34. The number of benzene rings is 2. The highest BCUT2D eigenvalue weighted by molar-refractivity contribution is 6.38. The summed E-state index contributed by atoms with van der Waals surface area (Å²) in [6.45, 7) is 0. The Morgan fingerprint density at radius 1 is 1.18 bits per heavy atom. The summed E-state index contributed by atoms with van der Waals surface area (Å²) in [6, 6.07) is 10.3. The number of nitrogens with zero attached hydrogens (tertiary/aromatic N) is 2. The monoisotopic (exact) mass is 337 g/mol. The summed E-state index contributed by atoms with van der Waals surface area (Å²) >= 11 is 11.9. The number of nitro benzene ring substituents is 1. The maximum absolute atomic E-state index is 11.9. The Bertz CT molecular complexity index is 742. The predicted molar refractivity (Wildman–Crippen MR) is 84.6 cm³/mol. The molecule has 0 radical (unpaired) electrons. The van der Waals surface area contributed by atoms with Crippen LogP contribution in [0.5, 0.6) is 0 Å². The van der Waals surface area contributed by atoms with Gasteiger partial charge in [0.05, 0.1) is 21.2 Å². The molecule has 2 aromatic carbocycles. The molecular weight excluding hydrogens is 329 g/mol. The number of carbonyl (C=O) groups is 1.